The maximum Gasteiger partial charge on any atom is 0.315 e. The monoisotopic (exact) mass is 200 g/mol. The Labute approximate surface area is 84.1 Å². The maximum absolute atomic E-state index is 12.9. The minimum Gasteiger partial charge on any atom is -0.465 e. The van der Waals surface area contributed by atoms with Gasteiger partial charge in [-0.3, -0.25) is 4.79 Å². The highest BCUT2D eigenvalue weighted by Crippen LogP contribution is 2.37. The van der Waals surface area contributed by atoms with Crippen LogP contribution in [0.3, 0.4) is 0 Å². The van der Waals surface area contributed by atoms with E-state index in [-0.39, 0.29) is 5.97 Å². The van der Waals surface area contributed by atoms with E-state index < -0.39 is 12.1 Å². The van der Waals surface area contributed by atoms with Crippen molar-refractivity contribution in [2.45, 2.75) is 33.1 Å². The second-order valence-electron chi connectivity index (χ2n) is 3.89. The zero-order valence-electron chi connectivity index (χ0n) is 8.81. The Morgan fingerprint density at radius 1 is 1.71 bits per heavy atom. The minimum atomic E-state index is -0.893. The van der Waals surface area contributed by atoms with E-state index in [0.717, 1.165) is 6.42 Å². The Morgan fingerprint density at radius 3 is 2.86 bits per heavy atom. The maximum atomic E-state index is 12.9. The van der Waals surface area contributed by atoms with Crippen LogP contribution in [0.2, 0.25) is 0 Å². The van der Waals surface area contributed by atoms with Crippen LogP contribution in [-0.4, -0.2) is 19.3 Å². The summed E-state index contributed by atoms with van der Waals surface area (Å²) < 4.78 is 17.8. The molecule has 0 aromatic carbocycles. The van der Waals surface area contributed by atoms with E-state index in [1.807, 2.05) is 13.0 Å². The fourth-order valence-corrected chi connectivity index (χ4v) is 1.66. The van der Waals surface area contributed by atoms with E-state index >= 15 is 0 Å². The number of carbonyl (C=O) groups is 1. The lowest BCUT2D eigenvalue weighted by Crippen LogP contribution is -2.36. The molecule has 0 heterocycles. The molecule has 0 fully saturated rings. The molecule has 0 aromatic rings. The average molecular weight is 200 g/mol. The van der Waals surface area contributed by atoms with Crippen LogP contribution in [0.25, 0.3) is 0 Å². The van der Waals surface area contributed by atoms with Crippen molar-refractivity contribution in [1.82, 2.24) is 0 Å². The normalized spacial score (nSPS) is 26.9. The first-order chi connectivity index (χ1) is 6.64. The van der Waals surface area contributed by atoms with E-state index in [2.05, 4.69) is 0 Å². The number of carbonyl (C=O) groups excluding carboxylic acids is 1. The Balaban J connectivity index is 2.73. The number of hydrogen-bond acceptors (Lipinski definition) is 2. The Hall–Kier alpha value is -0.860. The molecule has 0 aliphatic heterocycles. The Kier molecular flexibility index (Phi) is 3.67. The van der Waals surface area contributed by atoms with E-state index in [4.69, 9.17) is 4.74 Å². The van der Waals surface area contributed by atoms with Gasteiger partial charge in [0.1, 0.15) is 6.67 Å². The number of esters is 1. The first-order valence-corrected chi connectivity index (χ1v) is 5.03. The summed E-state index contributed by atoms with van der Waals surface area (Å²) in [5.74, 6) is -0.383. The molecule has 1 unspecified atom stereocenters. The number of hydrogen-bond donors (Lipinski definition) is 0. The van der Waals surface area contributed by atoms with E-state index in [9.17, 15) is 9.18 Å². The lowest BCUT2D eigenvalue weighted by Gasteiger charge is -2.30. The second kappa shape index (κ2) is 4.58. The van der Waals surface area contributed by atoms with Gasteiger partial charge in [-0.05, 0) is 33.1 Å². The predicted molar refractivity (Wildman–Crippen MR) is 52.6 cm³/mol. The molecule has 0 N–H and O–H groups in total. The SMILES string of the molecule is CCOC(=O)C1(CF)CC=C(C)CC1. The second-order valence-corrected chi connectivity index (χ2v) is 3.89. The van der Waals surface area contributed by atoms with Crippen molar-refractivity contribution in [2.24, 2.45) is 5.41 Å². The van der Waals surface area contributed by atoms with Crippen LogP contribution in [0.1, 0.15) is 33.1 Å². The highest BCUT2D eigenvalue weighted by molar-refractivity contribution is 5.77. The van der Waals surface area contributed by atoms with Crippen LogP contribution in [0.5, 0.6) is 0 Å². The van der Waals surface area contributed by atoms with Gasteiger partial charge in [-0.1, -0.05) is 11.6 Å². The first-order valence-electron chi connectivity index (χ1n) is 5.03. The third kappa shape index (κ3) is 2.14. The van der Waals surface area contributed by atoms with E-state index in [1.165, 1.54) is 5.57 Å². The summed E-state index contributed by atoms with van der Waals surface area (Å²) in [5.41, 5.74) is 0.341. The van der Waals surface area contributed by atoms with Crippen molar-refractivity contribution in [2.75, 3.05) is 13.3 Å². The Bertz CT molecular complexity index is 248. The van der Waals surface area contributed by atoms with Crippen molar-refractivity contribution in [3.05, 3.63) is 11.6 Å². The molecular weight excluding hydrogens is 183 g/mol. The summed E-state index contributed by atoms with van der Waals surface area (Å²) in [4.78, 5) is 11.6. The molecule has 0 aromatic heterocycles. The number of ether oxygens (including phenoxy) is 1. The average Bonchev–Trinajstić information content (AvgIpc) is 2.20. The summed E-state index contributed by atoms with van der Waals surface area (Å²) in [6.07, 6.45) is 3.79. The first kappa shape index (κ1) is 11.2. The molecule has 0 radical (unpaired) electrons. The zero-order valence-corrected chi connectivity index (χ0v) is 8.81. The molecule has 0 saturated carbocycles. The molecule has 2 nitrogen and oxygen atoms in total. The molecule has 1 aliphatic rings. The predicted octanol–water partition coefficient (Wildman–Crippen LogP) is 2.64. The van der Waals surface area contributed by atoms with Crippen molar-refractivity contribution in [3.8, 4) is 0 Å². The molecule has 80 valence electrons. The summed E-state index contributed by atoms with van der Waals surface area (Å²) in [6, 6.07) is 0. The van der Waals surface area contributed by atoms with Gasteiger partial charge in [0.2, 0.25) is 0 Å². The van der Waals surface area contributed by atoms with Crippen molar-refractivity contribution >= 4 is 5.97 Å². The number of alkyl halides is 1. The summed E-state index contributed by atoms with van der Waals surface area (Å²) >= 11 is 0. The van der Waals surface area contributed by atoms with Crippen molar-refractivity contribution < 1.29 is 13.9 Å². The lowest BCUT2D eigenvalue weighted by molar-refractivity contribution is -0.157. The highest BCUT2D eigenvalue weighted by Gasteiger charge is 2.40. The molecule has 0 amide bonds. The third-order valence-corrected chi connectivity index (χ3v) is 2.80. The molecule has 3 heteroatoms. The van der Waals surface area contributed by atoms with Crippen LogP contribution in [0.15, 0.2) is 11.6 Å². The van der Waals surface area contributed by atoms with Crippen LogP contribution in [0, 0.1) is 5.41 Å². The van der Waals surface area contributed by atoms with E-state index in [1.54, 1.807) is 6.92 Å². The number of halogens is 1. The van der Waals surface area contributed by atoms with Gasteiger partial charge < -0.3 is 4.74 Å². The van der Waals surface area contributed by atoms with Crippen LogP contribution in [0.4, 0.5) is 4.39 Å². The smallest absolute Gasteiger partial charge is 0.315 e. The van der Waals surface area contributed by atoms with Gasteiger partial charge >= 0.3 is 5.97 Å². The molecular formula is C11H17FO2. The van der Waals surface area contributed by atoms with Gasteiger partial charge in [0, 0.05) is 0 Å². The zero-order chi connectivity index (χ0) is 10.6. The number of rotatable bonds is 3. The van der Waals surface area contributed by atoms with Gasteiger partial charge in [0.15, 0.2) is 0 Å². The standard InChI is InChI=1S/C11H17FO2/c1-3-14-10(13)11(8-12)6-4-9(2)5-7-11/h4H,3,5-8H2,1-2H3. The topological polar surface area (TPSA) is 26.3 Å². The quantitative estimate of drug-likeness (QED) is 0.517. The third-order valence-electron chi connectivity index (χ3n) is 2.80. The van der Waals surface area contributed by atoms with Crippen LogP contribution in [-0.2, 0) is 9.53 Å². The molecule has 0 spiro atoms. The summed E-state index contributed by atoms with van der Waals surface area (Å²) in [6.45, 7) is 3.46. The number of allylic oxidation sites excluding steroid dienone is 2. The van der Waals surface area contributed by atoms with Crippen molar-refractivity contribution in [3.63, 3.8) is 0 Å². The Morgan fingerprint density at radius 2 is 2.43 bits per heavy atom. The molecule has 1 aliphatic carbocycles. The molecule has 14 heavy (non-hydrogen) atoms. The van der Waals surface area contributed by atoms with Crippen molar-refractivity contribution in [1.29, 1.82) is 0 Å². The van der Waals surface area contributed by atoms with Gasteiger partial charge in [0.25, 0.3) is 0 Å². The van der Waals surface area contributed by atoms with E-state index in [0.29, 0.717) is 19.4 Å². The molecule has 0 saturated heterocycles. The molecule has 0 bridgehead atoms. The fraction of sp³-hybridized carbons (Fsp3) is 0.727. The lowest BCUT2D eigenvalue weighted by atomic mass is 9.76. The van der Waals surface area contributed by atoms with Gasteiger partial charge in [-0.25, -0.2) is 4.39 Å². The highest BCUT2D eigenvalue weighted by atomic mass is 19.1. The van der Waals surface area contributed by atoms with Gasteiger partial charge in [-0.2, -0.15) is 0 Å². The van der Waals surface area contributed by atoms with Gasteiger partial charge in [-0.15, -0.1) is 0 Å². The summed E-state index contributed by atoms with van der Waals surface area (Å²) in [5, 5.41) is 0. The minimum absolute atomic E-state index is 0.323. The molecule has 1 atom stereocenters. The van der Waals surface area contributed by atoms with Crippen LogP contribution >= 0.6 is 0 Å². The summed E-state index contributed by atoms with van der Waals surface area (Å²) in [7, 11) is 0. The molecule has 1 rings (SSSR count). The largest absolute Gasteiger partial charge is 0.465 e. The van der Waals surface area contributed by atoms with Gasteiger partial charge in [0.05, 0.1) is 12.0 Å². The fourth-order valence-electron chi connectivity index (χ4n) is 1.66. The van der Waals surface area contributed by atoms with Crippen LogP contribution < -0.4 is 0 Å².